The third-order valence-corrected chi connectivity index (χ3v) is 5.64. The summed E-state index contributed by atoms with van der Waals surface area (Å²) >= 11 is 0. The molecule has 0 aromatic heterocycles. The Hall–Kier alpha value is 0.254. The Balaban J connectivity index is -0.000000422. The van der Waals surface area contributed by atoms with Gasteiger partial charge < -0.3 is 0 Å². The number of hydrogen-bond donors (Lipinski definition) is 0. The van der Waals surface area contributed by atoms with Gasteiger partial charge in [-0.2, -0.15) is 12.2 Å². The molecule has 3 heteroatoms. The Labute approximate surface area is 209 Å². The minimum Gasteiger partial charge on any atom is -0.269 e. The average molecular weight is 475 g/mol. The van der Waals surface area contributed by atoms with E-state index in [0.29, 0.717) is 0 Å². The summed E-state index contributed by atoms with van der Waals surface area (Å²) < 4.78 is 0. The first kappa shape index (κ1) is 33.9. The maximum absolute atomic E-state index is 3.40. The van der Waals surface area contributed by atoms with Gasteiger partial charge in [0.2, 0.25) is 0 Å². The van der Waals surface area contributed by atoms with Crippen LogP contribution in [0.4, 0.5) is 0 Å². The van der Waals surface area contributed by atoms with Crippen LogP contribution >= 0.6 is 24.8 Å². The molecule has 166 valence electrons. The SMILES string of the molecule is CCCCC(CC)CC1=[C-]CC=C1.CCCCC(CC)CC1=[C-]CC=C1.Cl.Cl.[Ti+2]. The fourth-order valence-electron chi connectivity index (χ4n) is 3.69. The fraction of sp³-hybridized carbons (Fsp3) is 0.692. The van der Waals surface area contributed by atoms with Crippen molar-refractivity contribution in [3.05, 3.63) is 47.6 Å². The van der Waals surface area contributed by atoms with Crippen LogP contribution in [0.2, 0.25) is 0 Å². The molecule has 29 heavy (non-hydrogen) atoms. The molecule has 2 rings (SSSR count). The first-order valence-electron chi connectivity index (χ1n) is 11.3. The summed E-state index contributed by atoms with van der Waals surface area (Å²) in [4.78, 5) is 0. The molecule has 0 nitrogen and oxygen atoms in total. The summed E-state index contributed by atoms with van der Waals surface area (Å²) in [5.74, 6) is 1.79. The van der Waals surface area contributed by atoms with Gasteiger partial charge in [-0.05, 0) is 11.8 Å². The van der Waals surface area contributed by atoms with Crippen LogP contribution < -0.4 is 0 Å². The van der Waals surface area contributed by atoms with Gasteiger partial charge in [0, 0.05) is 0 Å². The van der Waals surface area contributed by atoms with Crippen molar-refractivity contribution in [2.24, 2.45) is 11.8 Å². The second-order valence-corrected chi connectivity index (χ2v) is 7.86. The van der Waals surface area contributed by atoms with E-state index in [-0.39, 0.29) is 46.5 Å². The molecule has 2 aliphatic rings. The van der Waals surface area contributed by atoms with Crippen LogP contribution in [0.3, 0.4) is 0 Å². The topological polar surface area (TPSA) is 0 Å². The summed E-state index contributed by atoms with van der Waals surface area (Å²) in [6, 6.07) is 0. The van der Waals surface area contributed by atoms with Crippen molar-refractivity contribution in [2.45, 2.75) is 105 Å². The average Bonchev–Trinajstić information content (AvgIpc) is 3.36. The van der Waals surface area contributed by atoms with Gasteiger partial charge in [0.25, 0.3) is 0 Å². The normalized spacial score (nSPS) is 15.7. The van der Waals surface area contributed by atoms with Crippen LogP contribution in [0.15, 0.2) is 35.5 Å². The van der Waals surface area contributed by atoms with Crippen LogP contribution in [0.25, 0.3) is 0 Å². The van der Waals surface area contributed by atoms with Crippen molar-refractivity contribution >= 4 is 24.8 Å². The van der Waals surface area contributed by atoms with Gasteiger partial charge in [-0.1, -0.05) is 91.9 Å². The van der Waals surface area contributed by atoms with Crippen molar-refractivity contribution in [1.29, 1.82) is 0 Å². The molecule has 0 bridgehead atoms. The van der Waals surface area contributed by atoms with E-state index in [0.717, 1.165) is 24.7 Å². The van der Waals surface area contributed by atoms with Crippen LogP contribution in [0.1, 0.15) is 105 Å². The van der Waals surface area contributed by atoms with E-state index < -0.39 is 0 Å². The Morgan fingerprint density at radius 1 is 0.724 bits per heavy atom. The second kappa shape index (κ2) is 22.9. The Kier molecular flexibility index (Phi) is 26.8. The van der Waals surface area contributed by atoms with Gasteiger partial charge in [-0.15, -0.1) is 37.7 Å². The van der Waals surface area contributed by atoms with Gasteiger partial charge in [-0.25, -0.2) is 23.3 Å². The molecule has 0 radical (unpaired) electrons. The van der Waals surface area contributed by atoms with E-state index in [1.165, 1.54) is 75.4 Å². The predicted molar refractivity (Wildman–Crippen MR) is 131 cm³/mol. The summed E-state index contributed by atoms with van der Waals surface area (Å²) in [5, 5.41) is 0. The zero-order chi connectivity index (χ0) is 19.0. The van der Waals surface area contributed by atoms with E-state index >= 15 is 0 Å². The molecule has 0 aromatic carbocycles. The summed E-state index contributed by atoms with van der Waals surface area (Å²) in [5.41, 5.74) is 2.89. The monoisotopic (exact) mass is 474 g/mol. The minimum atomic E-state index is 0. The zero-order valence-corrected chi connectivity index (χ0v) is 22.5. The van der Waals surface area contributed by atoms with Gasteiger partial charge >= 0.3 is 21.7 Å². The molecule has 0 heterocycles. The smallest absolute Gasteiger partial charge is 0.269 e. The summed E-state index contributed by atoms with van der Waals surface area (Å²) in [6.07, 6.45) is 31.2. The maximum atomic E-state index is 3.40. The number of hydrogen-bond acceptors (Lipinski definition) is 0. The number of rotatable bonds is 12. The van der Waals surface area contributed by atoms with E-state index in [4.69, 9.17) is 0 Å². The Morgan fingerprint density at radius 3 is 1.34 bits per heavy atom. The molecule has 2 atom stereocenters. The van der Waals surface area contributed by atoms with Gasteiger partial charge in [0.15, 0.2) is 0 Å². The predicted octanol–water partition coefficient (Wildman–Crippen LogP) is 9.41. The van der Waals surface area contributed by atoms with E-state index in [2.05, 4.69) is 64.2 Å². The summed E-state index contributed by atoms with van der Waals surface area (Å²) in [6.45, 7) is 9.15. The number of halogens is 2. The molecule has 0 saturated heterocycles. The standard InChI is InChI=1S/2C13H21.2ClH.Ti/c2*1-3-5-8-12(4-2)11-13-9-6-7-10-13;;;/h2*6,9,12H,3-5,7-8,11H2,1-2H3;2*1H;/q2*-1;;;+2. The summed E-state index contributed by atoms with van der Waals surface area (Å²) in [7, 11) is 0. The van der Waals surface area contributed by atoms with Crippen molar-refractivity contribution in [2.75, 3.05) is 0 Å². The molecule has 0 saturated carbocycles. The fourth-order valence-corrected chi connectivity index (χ4v) is 3.69. The van der Waals surface area contributed by atoms with Crippen molar-refractivity contribution in [3.63, 3.8) is 0 Å². The van der Waals surface area contributed by atoms with Crippen molar-refractivity contribution < 1.29 is 21.7 Å². The third kappa shape index (κ3) is 16.6. The van der Waals surface area contributed by atoms with E-state index in [1.54, 1.807) is 0 Å². The van der Waals surface area contributed by atoms with E-state index in [1.807, 2.05) is 0 Å². The van der Waals surface area contributed by atoms with Gasteiger partial charge in [-0.3, -0.25) is 12.2 Å². The van der Waals surface area contributed by atoms with Crippen molar-refractivity contribution in [1.82, 2.24) is 0 Å². The van der Waals surface area contributed by atoms with Crippen LogP contribution in [0.5, 0.6) is 0 Å². The molecule has 2 aliphatic carbocycles. The van der Waals surface area contributed by atoms with E-state index in [9.17, 15) is 0 Å². The minimum absolute atomic E-state index is 0. The molecule has 0 N–H and O–H groups in total. The zero-order valence-electron chi connectivity index (χ0n) is 19.3. The maximum Gasteiger partial charge on any atom is 2.00 e. The quantitative estimate of drug-likeness (QED) is 0.195. The van der Waals surface area contributed by atoms with Gasteiger partial charge in [0.05, 0.1) is 0 Å². The molecule has 0 aromatic rings. The van der Waals surface area contributed by atoms with Crippen LogP contribution in [-0.4, -0.2) is 0 Å². The Bertz CT molecular complexity index is 433. The number of unbranched alkanes of at least 4 members (excludes halogenated alkanes) is 2. The van der Waals surface area contributed by atoms with Crippen molar-refractivity contribution in [3.8, 4) is 0 Å². The molecule has 2 unspecified atom stereocenters. The molecular formula is C26H44Cl2Ti. The van der Waals surface area contributed by atoms with Crippen LogP contribution in [0, 0.1) is 24.0 Å². The third-order valence-electron chi connectivity index (χ3n) is 5.64. The molecule has 0 spiro atoms. The van der Waals surface area contributed by atoms with Crippen LogP contribution in [-0.2, 0) is 21.7 Å². The second-order valence-electron chi connectivity index (χ2n) is 7.86. The molecular weight excluding hydrogens is 431 g/mol. The molecule has 0 amide bonds. The number of allylic oxidation sites excluding steroid dienone is 8. The molecule has 0 aliphatic heterocycles. The first-order chi connectivity index (χ1) is 12.7. The van der Waals surface area contributed by atoms with Gasteiger partial charge in [0.1, 0.15) is 0 Å². The Morgan fingerprint density at radius 2 is 1.10 bits per heavy atom. The first-order valence-corrected chi connectivity index (χ1v) is 11.3. The molecule has 0 fully saturated rings. The largest absolute Gasteiger partial charge is 2.00 e.